The first kappa shape index (κ1) is 23.5. The summed E-state index contributed by atoms with van der Waals surface area (Å²) in [7, 11) is 0. The summed E-state index contributed by atoms with van der Waals surface area (Å²) in [4.78, 5) is 37.9. The number of tetrazole rings is 1. The first-order valence-corrected chi connectivity index (χ1v) is 11.7. The average Bonchev–Trinajstić information content (AvgIpc) is 3.24. The molecule has 3 aliphatic heterocycles. The number of ether oxygens (including phenoxy) is 1. The summed E-state index contributed by atoms with van der Waals surface area (Å²) in [6.45, 7) is 2.05. The van der Waals surface area contributed by atoms with E-state index in [0.29, 0.717) is 29.7 Å². The predicted octanol–water partition coefficient (Wildman–Crippen LogP) is 0.656. The molecule has 6 rings (SSSR count). The molecule has 1 amide bonds. The number of β-amino-alcohol motifs (C(OH)–C–C–N with tert-alkyl or cyclic N) is 1. The Labute approximate surface area is 203 Å². The summed E-state index contributed by atoms with van der Waals surface area (Å²) in [6.07, 6.45) is 9.76. The second kappa shape index (κ2) is 9.08. The molecule has 12 heteroatoms. The Kier molecular flexibility index (Phi) is 6.09. The number of piperidine rings is 1. The smallest absolute Gasteiger partial charge is 0.333 e. The summed E-state index contributed by atoms with van der Waals surface area (Å²) < 4.78 is 6.49. The molecule has 1 saturated carbocycles. The van der Waals surface area contributed by atoms with Gasteiger partial charge in [0, 0.05) is 18.7 Å². The number of cyclic esters (lactones) is 1. The average molecular weight is 483 g/mol. The van der Waals surface area contributed by atoms with E-state index in [2.05, 4.69) is 30.4 Å². The third-order valence-corrected chi connectivity index (χ3v) is 7.55. The van der Waals surface area contributed by atoms with Crippen LogP contribution >= 0.6 is 0 Å². The molecule has 2 aromatic heterocycles. The summed E-state index contributed by atoms with van der Waals surface area (Å²) in [5.41, 5.74) is 0.797. The highest BCUT2D eigenvalue weighted by atomic mass is 16.5. The Morgan fingerprint density at radius 1 is 1.17 bits per heavy atom. The van der Waals surface area contributed by atoms with Crippen molar-refractivity contribution in [1.82, 2.24) is 40.0 Å². The molecule has 4 aliphatic rings. The quantitative estimate of drug-likeness (QED) is 0.584. The molecule has 2 atom stereocenters. The van der Waals surface area contributed by atoms with Gasteiger partial charge in [-0.05, 0) is 61.5 Å². The maximum absolute atomic E-state index is 13.6. The second-order valence-corrected chi connectivity index (χ2v) is 9.68. The molecule has 0 radical (unpaired) electrons. The highest BCUT2D eigenvalue weighted by Gasteiger charge is 2.57. The lowest BCUT2D eigenvalue weighted by atomic mass is 9.75. The first-order chi connectivity index (χ1) is 16.5. The zero-order chi connectivity index (χ0) is 23.3. The first-order valence-electron chi connectivity index (χ1n) is 11.7. The molecule has 5 heterocycles. The summed E-state index contributed by atoms with van der Waals surface area (Å²) in [6, 6.07) is 0.166. The zero-order valence-electron chi connectivity index (χ0n) is 18.7. The number of carbonyl (C=O) groups is 2. The van der Waals surface area contributed by atoms with E-state index in [4.69, 9.17) is 4.74 Å². The van der Waals surface area contributed by atoms with E-state index < -0.39 is 11.5 Å². The van der Waals surface area contributed by atoms with E-state index >= 15 is 0 Å². The van der Waals surface area contributed by atoms with Crippen LogP contribution in [0.4, 0.5) is 0 Å². The Morgan fingerprint density at radius 3 is 2.57 bits per heavy atom. The Hall–Kier alpha value is -3.25. The van der Waals surface area contributed by atoms with E-state index in [1.807, 2.05) is 4.90 Å². The van der Waals surface area contributed by atoms with Crippen LogP contribution in [0.3, 0.4) is 0 Å². The van der Waals surface area contributed by atoms with Crippen molar-refractivity contribution in [2.45, 2.75) is 51.7 Å². The molecule has 12 nitrogen and oxygen atoms in total. The highest BCUT2D eigenvalue weighted by molar-refractivity contribution is 5.91. The highest BCUT2D eigenvalue weighted by Crippen LogP contribution is 2.52. The van der Waals surface area contributed by atoms with Gasteiger partial charge in [0.2, 0.25) is 5.91 Å². The van der Waals surface area contributed by atoms with E-state index in [1.54, 1.807) is 0 Å². The van der Waals surface area contributed by atoms with Gasteiger partial charge in [0.15, 0.2) is 5.82 Å². The molecule has 2 saturated heterocycles. The topological polar surface area (TPSA) is 139 Å². The van der Waals surface area contributed by atoms with Crippen molar-refractivity contribution in [1.29, 1.82) is 0 Å². The van der Waals surface area contributed by atoms with E-state index in [-0.39, 0.29) is 32.0 Å². The van der Waals surface area contributed by atoms with Gasteiger partial charge in [0.05, 0.1) is 29.2 Å². The van der Waals surface area contributed by atoms with Crippen molar-refractivity contribution in [3.8, 4) is 5.82 Å². The fourth-order valence-electron chi connectivity index (χ4n) is 5.50. The van der Waals surface area contributed by atoms with E-state index in [1.165, 1.54) is 29.5 Å². The Balaban J connectivity index is 0.00000253. The largest absolute Gasteiger partial charge is 0.456 e. The molecular formula is C23H30N8O4. The molecular weight excluding hydrogens is 452 g/mol. The summed E-state index contributed by atoms with van der Waals surface area (Å²) >= 11 is 0. The number of hydrogen-bond acceptors (Lipinski definition) is 10. The van der Waals surface area contributed by atoms with Crippen LogP contribution in [-0.4, -0.2) is 89.2 Å². The van der Waals surface area contributed by atoms with Gasteiger partial charge in [-0.2, -0.15) is 4.68 Å². The standard InChI is InChI=1S/C22H26N8O4.CH4/c31-18(16-9-24-19(10-23-16)29-13-25-26-27-29)11-28-5-3-22(4-6-28)8-17(14-1-2-14)30(21(22)33)15-7-20(32)34-12-15;/h7,9-10,13-14,17-18,31H,1-6,8,11-12H2;1H4/t17?,18-;/m0./s1. The fourth-order valence-corrected chi connectivity index (χ4v) is 5.50. The van der Waals surface area contributed by atoms with Crippen molar-refractivity contribution in [2.24, 2.45) is 11.3 Å². The van der Waals surface area contributed by atoms with Gasteiger partial charge < -0.3 is 19.6 Å². The third-order valence-electron chi connectivity index (χ3n) is 7.55. The van der Waals surface area contributed by atoms with Crippen molar-refractivity contribution in [3.63, 3.8) is 0 Å². The maximum atomic E-state index is 13.6. The second-order valence-electron chi connectivity index (χ2n) is 9.68. The van der Waals surface area contributed by atoms with Crippen LogP contribution in [0.15, 0.2) is 30.5 Å². The predicted molar refractivity (Wildman–Crippen MR) is 122 cm³/mol. The molecule has 2 aromatic rings. The van der Waals surface area contributed by atoms with Gasteiger partial charge in [0.25, 0.3) is 0 Å². The number of nitrogens with zero attached hydrogens (tertiary/aromatic N) is 8. The number of hydrogen-bond donors (Lipinski definition) is 1. The van der Waals surface area contributed by atoms with Gasteiger partial charge in [0.1, 0.15) is 19.0 Å². The summed E-state index contributed by atoms with van der Waals surface area (Å²) in [5.74, 6) is 0.767. The number of aliphatic hydroxyl groups is 1. The van der Waals surface area contributed by atoms with Crippen LogP contribution in [-0.2, 0) is 14.3 Å². The molecule has 1 N–H and O–H groups in total. The van der Waals surface area contributed by atoms with Crippen molar-refractivity contribution in [3.05, 3.63) is 36.2 Å². The van der Waals surface area contributed by atoms with Gasteiger partial charge in [-0.15, -0.1) is 5.10 Å². The lowest BCUT2D eigenvalue weighted by molar-refractivity contribution is -0.139. The molecule has 0 bridgehead atoms. The minimum absolute atomic E-state index is 0. The SMILES string of the molecule is C.O=C1C=C(N2C(=O)C3(CCN(C[C@H](O)c4cnc(-n5cnnn5)cn4)CC3)CC2C2CC2)CO1. The number of amides is 1. The van der Waals surface area contributed by atoms with Crippen LogP contribution in [0.1, 0.15) is 51.3 Å². The van der Waals surface area contributed by atoms with Crippen LogP contribution in [0.5, 0.6) is 0 Å². The molecule has 35 heavy (non-hydrogen) atoms. The number of likely N-dealkylation sites (tertiary alicyclic amines) is 2. The Morgan fingerprint density at radius 2 is 1.97 bits per heavy atom. The molecule has 3 fully saturated rings. The van der Waals surface area contributed by atoms with Crippen LogP contribution < -0.4 is 0 Å². The van der Waals surface area contributed by atoms with Crippen molar-refractivity contribution < 1.29 is 19.4 Å². The Bertz CT molecular complexity index is 1110. The minimum atomic E-state index is -0.786. The van der Waals surface area contributed by atoms with Gasteiger partial charge in [-0.3, -0.25) is 9.78 Å². The molecule has 186 valence electrons. The van der Waals surface area contributed by atoms with Crippen molar-refractivity contribution in [2.75, 3.05) is 26.2 Å². The van der Waals surface area contributed by atoms with Crippen LogP contribution in [0.2, 0.25) is 0 Å². The lowest BCUT2D eigenvalue weighted by Gasteiger charge is -2.38. The maximum Gasteiger partial charge on any atom is 0.333 e. The molecule has 1 aliphatic carbocycles. The molecule has 1 unspecified atom stereocenters. The number of aliphatic hydroxyl groups excluding tert-OH is 1. The van der Waals surface area contributed by atoms with Crippen LogP contribution in [0.25, 0.3) is 5.82 Å². The van der Waals surface area contributed by atoms with Gasteiger partial charge >= 0.3 is 5.97 Å². The minimum Gasteiger partial charge on any atom is -0.456 e. The lowest BCUT2D eigenvalue weighted by Crippen LogP contribution is -2.45. The molecule has 0 aromatic carbocycles. The third kappa shape index (κ3) is 4.31. The monoisotopic (exact) mass is 482 g/mol. The molecule has 1 spiro atoms. The summed E-state index contributed by atoms with van der Waals surface area (Å²) in [5, 5.41) is 21.6. The number of carbonyl (C=O) groups excluding carboxylic acids is 2. The zero-order valence-corrected chi connectivity index (χ0v) is 18.7. The van der Waals surface area contributed by atoms with E-state index in [0.717, 1.165) is 45.2 Å². The number of aromatic nitrogens is 6. The number of rotatable bonds is 6. The van der Waals surface area contributed by atoms with Crippen LogP contribution in [0, 0.1) is 11.3 Å². The van der Waals surface area contributed by atoms with E-state index in [9.17, 15) is 14.7 Å². The fraction of sp³-hybridized carbons (Fsp3) is 0.609. The van der Waals surface area contributed by atoms with Gasteiger partial charge in [-0.1, -0.05) is 7.43 Å². The van der Waals surface area contributed by atoms with Gasteiger partial charge in [-0.25, -0.2) is 9.78 Å². The number of esters is 1. The normalized spacial score (nSPS) is 24.9. The van der Waals surface area contributed by atoms with Crippen molar-refractivity contribution >= 4 is 11.9 Å².